The average Bonchev–Trinajstić information content (AvgIpc) is 2.80. The Morgan fingerprint density at radius 2 is 1.44 bits per heavy atom. The predicted molar refractivity (Wildman–Crippen MR) is 121 cm³/mol. The van der Waals surface area contributed by atoms with Crippen molar-refractivity contribution in [3.8, 4) is 23.7 Å². The molecule has 0 radical (unpaired) electrons. The van der Waals surface area contributed by atoms with Gasteiger partial charge in [0.1, 0.15) is 11.6 Å². The number of nitrogens with one attached hydrogen (secondary N) is 3. The first-order valence-electron chi connectivity index (χ1n) is 10.1. The molecule has 34 heavy (non-hydrogen) atoms. The second-order valence-electron chi connectivity index (χ2n) is 7.59. The van der Waals surface area contributed by atoms with Crippen LogP contribution < -0.4 is 16.1 Å². The third-order valence-corrected chi connectivity index (χ3v) is 4.82. The molecule has 4 N–H and O–H groups in total. The molecule has 0 aromatic heterocycles. The van der Waals surface area contributed by atoms with E-state index < -0.39 is 35.7 Å². The highest BCUT2D eigenvalue weighted by Crippen LogP contribution is 2.21. The summed E-state index contributed by atoms with van der Waals surface area (Å²) in [6.45, 7) is 3.85. The SMILES string of the molecule is CC(=O)NC(C)(C(F)F)[C@H](NC(=O)c1ccc(C#CC#Cc2ccc(C)cc2)cc1)C(=O)NO. The maximum absolute atomic E-state index is 13.7. The van der Waals surface area contributed by atoms with Gasteiger partial charge in [-0.1, -0.05) is 29.5 Å². The van der Waals surface area contributed by atoms with Crippen LogP contribution in [-0.2, 0) is 9.59 Å². The highest BCUT2D eigenvalue weighted by Gasteiger charge is 2.48. The minimum atomic E-state index is -3.24. The Morgan fingerprint density at radius 1 is 0.941 bits per heavy atom. The van der Waals surface area contributed by atoms with Crippen molar-refractivity contribution in [2.24, 2.45) is 0 Å². The van der Waals surface area contributed by atoms with Crippen LogP contribution in [-0.4, -0.2) is 40.9 Å². The molecule has 0 spiro atoms. The molecule has 1 unspecified atom stereocenters. The second kappa shape index (κ2) is 11.6. The molecule has 0 aliphatic rings. The van der Waals surface area contributed by atoms with Crippen LogP contribution in [0.4, 0.5) is 8.78 Å². The minimum Gasteiger partial charge on any atom is -0.343 e. The molecule has 0 fully saturated rings. The van der Waals surface area contributed by atoms with E-state index in [4.69, 9.17) is 5.21 Å². The fourth-order valence-electron chi connectivity index (χ4n) is 2.95. The van der Waals surface area contributed by atoms with E-state index in [9.17, 15) is 23.2 Å². The van der Waals surface area contributed by atoms with Crippen LogP contribution in [0.2, 0.25) is 0 Å². The van der Waals surface area contributed by atoms with Gasteiger partial charge in [0.05, 0.1) is 0 Å². The van der Waals surface area contributed by atoms with Gasteiger partial charge in [-0.05, 0) is 62.1 Å². The molecule has 3 amide bonds. The third-order valence-electron chi connectivity index (χ3n) is 4.82. The Hall–Kier alpha value is -4.21. The molecule has 0 saturated carbocycles. The summed E-state index contributed by atoms with van der Waals surface area (Å²) in [6.07, 6.45) is -3.24. The lowest BCUT2D eigenvalue weighted by molar-refractivity contribution is -0.137. The number of hydrogen-bond acceptors (Lipinski definition) is 4. The minimum absolute atomic E-state index is 0.0477. The Kier molecular flexibility index (Phi) is 8.88. The predicted octanol–water partition coefficient (Wildman–Crippen LogP) is 2.16. The number of amides is 3. The van der Waals surface area contributed by atoms with Crippen molar-refractivity contribution in [2.75, 3.05) is 0 Å². The number of aryl methyl sites for hydroxylation is 1. The fourth-order valence-corrected chi connectivity index (χ4v) is 2.95. The quantitative estimate of drug-likeness (QED) is 0.297. The molecule has 2 atom stereocenters. The van der Waals surface area contributed by atoms with Crippen LogP contribution in [0.3, 0.4) is 0 Å². The van der Waals surface area contributed by atoms with Crippen LogP contribution in [0.1, 0.15) is 40.9 Å². The number of carbonyl (C=O) groups excluding carboxylic acids is 3. The highest BCUT2D eigenvalue weighted by molar-refractivity contribution is 5.98. The van der Waals surface area contributed by atoms with Crippen molar-refractivity contribution < 1.29 is 28.4 Å². The molecule has 0 bridgehead atoms. The Morgan fingerprint density at radius 3 is 1.88 bits per heavy atom. The molecule has 2 rings (SSSR count). The summed E-state index contributed by atoms with van der Waals surface area (Å²) in [7, 11) is 0. The van der Waals surface area contributed by atoms with Gasteiger partial charge in [0.15, 0.2) is 0 Å². The van der Waals surface area contributed by atoms with E-state index in [2.05, 4.69) is 29.0 Å². The van der Waals surface area contributed by atoms with E-state index in [1.165, 1.54) is 29.7 Å². The summed E-state index contributed by atoms with van der Waals surface area (Å²) in [5.41, 5.74) is 1.31. The molecule has 0 heterocycles. The zero-order valence-electron chi connectivity index (χ0n) is 18.7. The van der Waals surface area contributed by atoms with Crippen molar-refractivity contribution in [1.29, 1.82) is 0 Å². The molecule has 0 saturated heterocycles. The molecule has 0 aliphatic carbocycles. The monoisotopic (exact) mass is 467 g/mol. The van der Waals surface area contributed by atoms with E-state index >= 15 is 0 Å². The van der Waals surface area contributed by atoms with Gasteiger partial charge in [0.2, 0.25) is 5.91 Å². The normalized spacial score (nSPS) is 12.7. The topological polar surface area (TPSA) is 108 Å². The summed E-state index contributed by atoms with van der Waals surface area (Å²) < 4.78 is 27.4. The van der Waals surface area contributed by atoms with Crippen molar-refractivity contribution in [2.45, 2.75) is 38.8 Å². The third kappa shape index (κ3) is 6.89. The van der Waals surface area contributed by atoms with Gasteiger partial charge in [-0.25, -0.2) is 14.3 Å². The molecule has 0 aliphatic heterocycles. The summed E-state index contributed by atoms with van der Waals surface area (Å²) >= 11 is 0. The standard InChI is InChI=1S/C25H23F2N3O4/c1-16-8-10-18(11-9-16)6-4-5-7-19-12-14-20(15-13-19)22(32)28-21(23(33)30-34)25(3,24(26)27)29-17(2)31/h8-15,21,24,34H,1-3H3,(H,28,32)(H,29,31)(H,30,33)/t21-,25?/m1/s1. The van der Waals surface area contributed by atoms with Crippen LogP contribution >= 0.6 is 0 Å². The first-order valence-corrected chi connectivity index (χ1v) is 10.1. The zero-order valence-corrected chi connectivity index (χ0v) is 18.7. The van der Waals surface area contributed by atoms with Crippen LogP contribution in [0.25, 0.3) is 0 Å². The Labute approximate surface area is 195 Å². The maximum Gasteiger partial charge on any atom is 0.268 e. The van der Waals surface area contributed by atoms with Crippen molar-refractivity contribution >= 4 is 17.7 Å². The fraction of sp³-hybridized carbons (Fsp3) is 0.240. The molecular weight excluding hydrogens is 444 g/mol. The molecule has 7 nitrogen and oxygen atoms in total. The number of rotatable bonds is 6. The molecule has 9 heteroatoms. The summed E-state index contributed by atoms with van der Waals surface area (Å²) in [5.74, 6) is 8.13. The molecule has 2 aromatic carbocycles. The Balaban J connectivity index is 2.17. The lowest BCUT2D eigenvalue weighted by Crippen LogP contribution is -2.68. The number of hydrogen-bond donors (Lipinski definition) is 4. The van der Waals surface area contributed by atoms with Crippen LogP contribution in [0.5, 0.6) is 0 Å². The van der Waals surface area contributed by atoms with Crippen molar-refractivity contribution in [3.63, 3.8) is 0 Å². The van der Waals surface area contributed by atoms with Gasteiger partial charge in [0.25, 0.3) is 18.2 Å². The van der Waals surface area contributed by atoms with Gasteiger partial charge >= 0.3 is 0 Å². The van der Waals surface area contributed by atoms with Gasteiger partial charge in [0, 0.05) is 23.6 Å². The van der Waals surface area contributed by atoms with Crippen LogP contribution in [0.15, 0.2) is 48.5 Å². The van der Waals surface area contributed by atoms with Gasteiger partial charge < -0.3 is 10.6 Å². The smallest absolute Gasteiger partial charge is 0.268 e. The summed E-state index contributed by atoms with van der Waals surface area (Å²) in [5, 5.41) is 13.1. The van der Waals surface area contributed by atoms with E-state index in [0.29, 0.717) is 5.56 Å². The van der Waals surface area contributed by atoms with E-state index in [1.54, 1.807) is 0 Å². The average molecular weight is 467 g/mol. The van der Waals surface area contributed by atoms with Gasteiger partial charge in [-0.15, -0.1) is 0 Å². The summed E-state index contributed by atoms with van der Waals surface area (Å²) in [4.78, 5) is 36.0. The number of alkyl halides is 2. The maximum atomic E-state index is 13.7. The first kappa shape index (κ1) is 26.0. The molecule has 2 aromatic rings. The first-order chi connectivity index (χ1) is 16.1. The van der Waals surface area contributed by atoms with Crippen molar-refractivity contribution in [1.82, 2.24) is 16.1 Å². The number of carbonyl (C=O) groups is 3. The van der Waals surface area contributed by atoms with Gasteiger partial charge in [-0.3, -0.25) is 19.6 Å². The molecule has 176 valence electrons. The van der Waals surface area contributed by atoms with Crippen molar-refractivity contribution in [3.05, 3.63) is 70.8 Å². The highest BCUT2D eigenvalue weighted by atomic mass is 19.3. The number of benzene rings is 2. The number of halogens is 2. The summed E-state index contributed by atoms with van der Waals surface area (Å²) in [6, 6.07) is 11.5. The zero-order chi connectivity index (χ0) is 25.3. The van der Waals surface area contributed by atoms with Gasteiger partial charge in [-0.2, -0.15) is 0 Å². The van der Waals surface area contributed by atoms with E-state index in [-0.39, 0.29) is 5.56 Å². The van der Waals surface area contributed by atoms with E-state index in [1.807, 2.05) is 36.5 Å². The molecular formula is C25H23F2N3O4. The lowest BCUT2D eigenvalue weighted by atomic mass is 9.91. The Bertz CT molecular complexity index is 1170. The number of hydroxylamine groups is 1. The van der Waals surface area contributed by atoms with E-state index in [0.717, 1.165) is 25.0 Å². The second-order valence-corrected chi connectivity index (χ2v) is 7.59. The lowest BCUT2D eigenvalue weighted by Gasteiger charge is -2.36. The largest absolute Gasteiger partial charge is 0.343 e. The van der Waals surface area contributed by atoms with Crippen LogP contribution in [0, 0.1) is 30.6 Å².